The maximum absolute atomic E-state index is 5.48. The lowest BCUT2D eigenvalue weighted by molar-refractivity contribution is 0.0341. The van der Waals surface area contributed by atoms with Gasteiger partial charge in [-0.3, -0.25) is 4.90 Å². The summed E-state index contributed by atoms with van der Waals surface area (Å²) in [5, 5.41) is 3.49. The molecular weight excluding hydrogens is 348 g/mol. The number of hydrogen-bond acceptors (Lipinski definition) is 3. The fraction of sp³-hybridized carbons (Fsp3) is 0.435. The van der Waals surface area contributed by atoms with Crippen LogP contribution in [0.2, 0.25) is 0 Å². The molecule has 1 saturated heterocycles. The molecule has 2 aliphatic heterocycles. The van der Waals surface area contributed by atoms with E-state index in [9.17, 15) is 0 Å². The number of morpholine rings is 1. The van der Waals surface area contributed by atoms with E-state index in [0.29, 0.717) is 6.54 Å². The van der Waals surface area contributed by atoms with E-state index in [1.165, 1.54) is 22.4 Å². The number of fused-ring (bicyclic) bond motifs is 1. The third-order valence-electron chi connectivity index (χ3n) is 5.49. The highest BCUT2D eigenvalue weighted by Gasteiger charge is 2.22. The number of nitrogens with zero attached hydrogens (tertiary/aromatic N) is 3. The number of ether oxygens (including phenoxy) is 1. The average Bonchev–Trinajstić information content (AvgIpc) is 3.17. The minimum Gasteiger partial charge on any atom is -0.379 e. The van der Waals surface area contributed by atoms with E-state index in [2.05, 4.69) is 70.6 Å². The summed E-state index contributed by atoms with van der Waals surface area (Å²) in [6, 6.07) is 17.3. The average molecular weight is 379 g/mol. The summed E-state index contributed by atoms with van der Waals surface area (Å²) in [6.07, 6.45) is 1.08. The van der Waals surface area contributed by atoms with E-state index in [-0.39, 0.29) is 0 Å². The van der Waals surface area contributed by atoms with Crippen molar-refractivity contribution in [2.24, 2.45) is 4.99 Å². The zero-order chi connectivity index (χ0) is 19.2. The maximum Gasteiger partial charge on any atom is 0.198 e. The number of anilines is 1. The molecule has 0 aromatic heterocycles. The van der Waals surface area contributed by atoms with Gasteiger partial charge in [-0.15, -0.1) is 0 Å². The summed E-state index contributed by atoms with van der Waals surface area (Å²) in [4.78, 5) is 9.80. The van der Waals surface area contributed by atoms with Gasteiger partial charge in [0.25, 0.3) is 0 Å². The first-order valence-electron chi connectivity index (χ1n) is 10.4. The van der Waals surface area contributed by atoms with Crippen LogP contribution in [0.5, 0.6) is 0 Å². The Balaban J connectivity index is 1.51. The quantitative estimate of drug-likeness (QED) is 0.641. The molecule has 1 N–H and O–H groups in total. The maximum atomic E-state index is 5.48. The van der Waals surface area contributed by atoms with E-state index < -0.39 is 0 Å². The lowest BCUT2D eigenvalue weighted by Gasteiger charge is -2.27. The minimum absolute atomic E-state index is 0.696. The van der Waals surface area contributed by atoms with E-state index in [4.69, 9.17) is 9.73 Å². The summed E-state index contributed by atoms with van der Waals surface area (Å²) >= 11 is 0. The number of hydrogen-bond donors (Lipinski definition) is 1. The normalized spacial score (nSPS) is 17.6. The molecule has 0 atom stereocenters. The van der Waals surface area contributed by atoms with Gasteiger partial charge < -0.3 is 15.0 Å². The van der Waals surface area contributed by atoms with Crippen LogP contribution in [-0.4, -0.2) is 50.3 Å². The van der Waals surface area contributed by atoms with Gasteiger partial charge in [-0.25, -0.2) is 4.99 Å². The first-order valence-corrected chi connectivity index (χ1v) is 10.4. The van der Waals surface area contributed by atoms with E-state index >= 15 is 0 Å². The van der Waals surface area contributed by atoms with Crippen molar-refractivity contribution in [1.29, 1.82) is 0 Å². The minimum atomic E-state index is 0.696. The molecule has 0 spiro atoms. The van der Waals surface area contributed by atoms with Crippen LogP contribution < -0.4 is 10.2 Å². The number of rotatable bonds is 5. The van der Waals surface area contributed by atoms with Crippen LogP contribution >= 0.6 is 0 Å². The molecule has 148 valence electrons. The number of benzene rings is 2. The molecule has 0 amide bonds. The fourth-order valence-electron chi connectivity index (χ4n) is 3.98. The van der Waals surface area contributed by atoms with Crippen molar-refractivity contribution in [2.75, 3.05) is 44.3 Å². The van der Waals surface area contributed by atoms with Crippen molar-refractivity contribution in [2.45, 2.75) is 26.4 Å². The Labute approximate surface area is 168 Å². The molecule has 5 nitrogen and oxygen atoms in total. The predicted octanol–water partition coefficient (Wildman–Crippen LogP) is 3.05. The molecule has 2 aromatic carbocycles. The zero-order valence-corrected chi connectivity index (χ0v) is 16.7. The van der Waals surface area contributed by atoms with Crippen LogP contribution in [0.4, 0.5) is 5.69 Å². The molecule has 1 fully saturated rings. The second-order valence-electron chi connectivity index (χ2n) is 7.36. The van der Waals surface area contributed by atoms with Crippen LogP contribution in [0.25, 0.3) is 0 Å². The molecular formula is C23H30N4O. The second-order valence-corrected chi connectivity index (χ2v) is 7.36. The Morgan fingerprint density at radius 2 is 1.75 bits per heavy atom. The van der Waals surface area contributed by atoms with Crippen LogP contribution in [0.3, 0.4) is 0 Å². The SMILES string of the molecule is CCNC(=NCc1ccccc1CN1CCOCC1)N1CCc2ccccc21. The smallest absolute Gasteiger partial charge is 0.198 e. The highest BCUT2D eigenvalue weighted by Crippen LogP contribution is 2.27. The van der Waals surface area contributed by atoms with Crippen molar-refractivity contribution >= 4 is 11.6 Å². The van der Waals surface area contributed by atoms with Crippen LogP contribution in [0.1, 0.15) is 23.6 Å². The Hall–Kier alpha value is -2.37. The second kappa shape index (κ2) is 9.22. The molecule has 28 heavy (non-hydrogen) atoms. The summed E-state index contributed by atoms with van der Waals surface area (Å²) < 4.78 is 5.48. The Morgan fingerprint density at radius 1 is 1.00 bits per heavy atom. The number of nitrogens with one attached hydrogen (secondary N) is 1. The van der Waals surface area contributed by atoms with Crippen LogP contribution in [0.15, 0.2) is 53.5 Å². The van der Waals surface area contributed by atoms with Gasteiger partial charge in [-0.1, -0.05) is 42.5 Å². The van der Waals surface area contributed by atoms with Crippen molar-refractivity contribution < 1.29 is 4.74 Å². The monoisotopic (exact) mass is 378 g/mol. The molecule has 2 aromatic rings. The third-order valence-corrected chi connectivity index (χ3v) is 5.49. The largest absolute Gasteiger partial charge is 0.379 e. The van der Waals surface area contributed by atoms with Gasteiger partial charge in [0, 0.05) is 38.4 Å². The van der Waals surface area contributed by atoms with Crippen molar-refractivity contribution in [1.82, 2.24) is 10.2 Å². The van der Waals surface area contributed by atoms with Crippen molar-refractivity contribution in [3.8, 4) is 0 Å². The van der Waals surface area contributed by atoms with E-state index in [0.717, 1.165) is 58.3 Å². The van der Waals surface area contributed by atoms with Crippen molar-refractivity contribution in [3.63, 3.8) is 0 Å². The Bertz CT molecular complexity index is 814. The Kier molecular flexibility index (Phi) is 6.24. The molecule has 2 aliphatic rings. The van der Waals surface area contributed by atoms with Gasteiger partial charge in [0.15, 0.2) is 5.96 Å². The first kappa shape index (κ1) is 19.0. The number of para-hydroxylation sites is 1. The number of aliphatic imine (C=N–C) groups is 1. The summed E-state index contributed by atoms with van der Waals surface area (Å²) in [6.45, 7) is 9.32. The zero-order valence-electron chi connectivity index (χ0n) is 16.7. The van der Waals surface area contributed by atoms with Gasteiger partial charge >= 0.3 is 0 Å². The summed E-state index contributed by atoms with van der Waals surface area (Å²) in [7, 11) is 0. The van der Waals surface area contributed by atoms with Crippen LogP contribution in [-0.2, 0) is 24.2 Å². The number of guanidine groups is 1. The first-order chi connectivity index (χ1) is 13.8. The Morgan fingerprint density at radius 3 is 2.57 bits per heavy atom. The standard InChI is InChI=1S/C23H30N4O/c1-2-24-23(27-12-11-19-7-5-6-10-22(19)27)25-17-20-8-3-4-9-21(20)18-26-13-15-28-16-14-26/h3-10H,2,11-18H2,1H3,(H,24,25). The topological polar surface area (TPSA) is 40.1 Å². The molecule has 2 heterocycles. The molecule has 0 aliphatic carbocycles. The van der Waals surface area contributed by atoms with Gasteiger partial charge in [0.05, 0.1) is 19.8 Å². The molecule has 0 radical (unpaired) electrons. The van der Waals surface area contributed by atoms with Gasteiger partial charge in [-0.05, 0) is 36.1 Å². The molecule has 0 saturated carbocycles. The molecule has 5 heteroatoms. The van der Waals surface area contributed by atoms with Crippen LogP contribution in [0, 0.1) is 0 Å². The summed E-state index contributed by atoms with van der Waals surface area (Å²) in [5.74, 6) is 0.980. The van der Waals surface area contributed by atoms with E-state index in [1.54, 1.807) is 0 Å². The van der Waals surface area contributed by atoms with Gasteiger partial charge in [0.1, 0.15) is 0 Å². The van der Waals surface area contributed by atoms with Gasteiger partial charge in [0.2, 0.25) is 0 Å². The lowest BCUT2D eigenvalue weighted by atomic mass is 10.1. The molecule has 0 bridgehead atoms. The third kappa shape index (κ3) is 4.37. The molecule has 0 unspecified atom stereocenters. The van der Waals surface area contributed by atoms with Gasteiger partial charge in [-0.2, -0.15) is 0 Å². The highest BCUT2D eigenvalue weighted by atomic mass is 16.5. The highest BCUT2D eigenvalue weighted by molar-refractivity contribution is 5.97. The van der Waals surface area contributed by atoms with Crippen molar-refractivity contribution in [3.05, 3.63) is 65.2 Å². The van der Waals surface area contributed by atoms with E-state index in [1.807, 2.05) is 0 Å². The lowest BCUT2D eigenvalue weighted by Crippen LogP contribution is -2.40. The molecule has 4 rings (SSSR count). The fourth-order valence-corrected chi connectivity index (χ4v) is 3.98. The summed E-state index contributed by atoms with van der Waals surface area (Å²) in [5.41, 5.74) is 5.35. The predicted molar refractivity (Wildman–Crippen MR) is 115 cm³/mol.